The molecule has 0 bridgehead atoms. The van der Waals surface area contributed by atoms with E-state index in [4.69, 9.17) is 9.72 Å². The summed E-state index contributed by atoms with van der Waals surface area (Å²) in [6.07, 6.45) is 2.51. The Bertz CT molecular complexity index is 980. The normalized spacial score (nSPS) is 14.3. The predicted molar refractivity (Wildman–Crippen MR) is 112 cm³/mol. The minimum Gasteiger partial charge on any atom is -0.497 e. The monoisotopic (exact) mass is 375 g/mol. The minimum atomic E-state index is -0.0538. The maximum Gasteiger partial charge on any atom is 0.252 e. The number of nitrogens with zero attached hydrogens (tertiary/aromatic N) is 2. The molecule has 2 heterocycles. The van der Waals surface area contributed by atoms with Crippen molar-refractivity contribution in [3.8, 4) is 17.0 Å². The maximum absolute atomic E-state index is 13.0. The Morgan fingerprint density at radius 1 is 1.11 bits per heavy atom. The van der Waals surface area contributed by atoms with Crippen LogP contribution in [-0.4, -0.2) is 49.1 Å². The molecule has 1 N–H and O–H groups in total. The van der Waals surface area contributed by atoms with E-state index in [0.717, 1.165) is 47.5 Å². The summed E-state index contributed by atoms with van der Waals surface area (Å²) in [6, 6.07) is 17.4. The second-order valence-corrected chi connectivity index (χ2v) is 7.11. The van der Waals surface area contributed by atoms with Crippen LogP contribution in [0, 0.1) is 0 Å². The molecule has 28 heavy (non-hydrogen) atoms. The van der Waals surface area contributed by atoms with E-state index in [1.54, 1.807) is 7.11 Å². The Labute approximate surface area is 165 Å². The summed E-state index contributed by atoms with van der Waals surface area (Å²) in [5.41, 5.74) is 3.16. The summed E-state index contributed by atoms with van der Waals surface area (Å²) in [6.45, 7) is 3.82. The molecule has 1 aliphatic rings. The number of hydrogen-bond donors (Lipinski definition) is 1. The van der Waals surface area contributed by atoms with Crippen molar-refractivity contribution in [2.75, 3.05) is 33.3 Å². The largest absolute Gasteiger partial charge is 0.497 e. The predicted octanol–water partition coefficient (Wildman–Crippen LogP) is 3.74. The molecule has 144 valence electrons. The molecule has 0 atom stereocenters. The summed E-state index contributed by atoms with van der Waals surface area (Å²) < 4.78 is 5.33. The highest BCUT2D eigenvalue weighted by atomic mass is 16.5. The van der Waals surface area contributed by atoms with E-state index in [1.807, 2.05) is 54.6 Å². The SMILES string of the molecule is COc1cccc(-c2cc(C(=O)NCCN3CCCC3)c3ccccc3n2)c1. The summed E-state index contributed by atoms with van der Waals surface area (Å²) in [5.74, 6) is 0.714. The number of hydrogen-bond acceptors (Lipinski definition) is 4. The summed E-state index contributed by atoms with van der Waals surface area (Å²) >= 11 is 0. The molecule has 0 unspecified atom stereocenters. The van der Waals surface area contributed by atoms with Crippen molar-refractivity contribution < 1.29 is 9.53 Å². The molecule has 0 radical (unpaired) electrons. The number of carbonyl (C=O) groups is 1. The van der Waals surface area contributed by atoms with Gasteiger partial charge in [-0.3, -0.25) is 4.79 Å². The molecule has 1 aromatic heterocycles. The molecule has 0 aliphatic carbocycles. The fraction of sp³-hybridized carbons (Fsp3) is 0.304. The number of rotatable bonds is 6. The second kappa shape index (κ2) is 8.40. The average molecular weight is 375 g/mol. The number of pyridine rings is 1. The fourth-order valence-electron chi connectivity index (χ4n) is 3.72. The topological polar surface area (TPSA) is 54.5 Å². The lowest BCUT2D eigenvalue weighted by molar-refractivity contribution is 0.0951. The first kappa shape index (κ1) is 18.4. The van der Waals surface area contributed by atoms with Gasteiger partial charge in [0.15, 0.2) is 0 Å². The Balaban J connectivity index is 1.63. The van der Waals surface area contributed by atoms with Gasteiger partial charge in [0.25, 0.3) is 5.91 Å². The third-order valence-electron chi connectivity index (χ3n) is 5.24. The molecule has 0 spiro atoms. The van der Waals surface area contributed by atoms with Gasteiger partial charge in [0.2, 0.25) is 0 Å². The smallest absolute Gasteiger partial charge is 0.252 e. The van der Waals surface area contributed by atoms with Gasteiger partial charge in [0, 0.05) is 24.0 Å². The lowest BCUT2D eigenvalue weighted by Gasteiger charge is -2.15. The first-order valence-electron chi connectivity index (χ1n) is 9.79. The third-order valence-corrected chi connectivity index (χ3v) is 5.24. The van der Waals surface area contributed by atoms with Gasteiger partial charge >= 0.3 is 0 Å². The maximum atomic E-state index is 13.0. The van der Waals surface area contributed by atoms with Crippen LogP contribution < -0.4 is 10.1 Å². The van der Waals surface area contributed by atoms with Crippen LogP contribution in [0.4, 0.5) is 0 Å². The first-order valence-corrected chi connectivity index (χ1v) is 9.79. The number of ether oxygens (including phenoxy) is 1. The van der Waals surface area contributed by atoms with Crippen molar-refractivity contribution in [2.24, 2.45) is 0 Å². The zero-order chi connectivity index (χ0) is 19.3. The molecule has 5 heteroatoms. The highest BCUT2D eigenvalue weighted by molar-refractivity contribution is 6.07. The number of aromatic nitrogens is 1. The average Bonchev–Trinajstić information content (AvgIpc) is 3.26. The van der Waals surface area contributed by atoms with Gasteiger partial charge in [-0.05, 0) is 50.2 Å². The molecule has 1 saturated heterocycles. The number of carbonyl (C=O) groups excluding carboxylic acids is 1. The zero-order valence-corrected chi connectivity index (χ0v) is 16.1. The summed E-state index contributed by atoms with van der Waals surface area (Å²) in [5, 5.41) is 3.95. The molecule has 0 saturated carbocycles. The molecule has 2 aromatic carbocycles. The van der Waals surface area contributed by atoms with Crippen molar-refractivity contribution in [1.82, 2.24) is 15.2 Å². The lowest BCUT2D eigenvalue weighted by Crippen LogP contribution is -2.33. The van der Waals surface area contributed by atoms with Gasteiger partial charge in [-0.15, -0.1) is 0 Å². The zero-order valence-electron chi connectivity index (χ0n) is 16.1. The number of nitrogens with one attached hydrogen (secondary N) is 1. The van der Waals surface area contributed by atoms with Gasteiger partial charge < -0.3 is 15.0 Å². The molecule has 1 amide bonds. The Kier molecular flexibility index (Phi) is 5.53. The van der Waals surface area contributed by atoms with Gasteiger partial charge in [-0.25, -0.2) is 4.98 Å². The van der Waals surface area contributed by atoms with E-state index in [1.165, 1.54) is 12.8 Å². The van der Waals surface area contributed by atoms with Gasteiger partial charge in [-0.1, -0.05) is 30.3 Å². The van der Waals surface area contributed by atoms with E-state index >= 15 is 0 Å². The van der Waals surface area contributed by atoms with Crippen molar-refractivity contribution in [1.29, 1.82) is 0 Å². The highest BCUT2D eigenvalue weighted by Gasteiger charge is 2.15. The van der Waals surface area contributed by atoms with E-state index < -0.39 is 0 Å². The standard InChI is InChI=1S/C23H25N3O2/c1-28-18-8-6-7-17(15-18)22-16-20(19-9-2-3-10-21(19)25-22)23(27)24-11-14-26-12-4-5-13-26/h2-3,6-10,15-16H,4-5,11-14H2,1H3,(H,24,27). The van der Waals surface area contributed by atoms with Crippen molar-refractivity contribution in [2.45, 2.75) is 12.8 Å². The first-order chi connectivity index (χ1) is 13.7. The van der Waals surface area contributed by atoms with Crippen LogP contribution in [0.3, 0.4) is 0 Å². The van der Waals surface area contributed by atoms with Gasteiger partial charge in [-0.2, -0.15) is 0 Å². The fourth-order valence-corrected chi connectivity index (χ4v) is 3.72. The Morgan fingerprint density at radius 2 is 1.93 bits per heavy atom. The summed E-state index contributed by atoms with van der Waals surface area (Å²) in [4.78, 5) is 20.1. The highest BCUT2D eigenvalue weighted by Crippen LogP contribution is 2.27. The molecule has 5 nitrogen and oxygen atoms in total. The van der Waals surface area contributed by atoms with Crippen LogP contribution >= 0.6 is 0 Å². The van der Waals surface area contributed by atoms with Crippen molar-refractivity contribution >= 4 is 16.8 Å². The van der Waals surface area contributed by atoms with Gasteiger partial charge in [0.1, 0.15) is 5.75 Å². The number of para-hydroxylation sites is 1. The molecular weight excluding hydrogens is 350 g/mol. The molecule has 1 aliphatic heterocycles. The molecular formula is C23H25N3O2. The Morgan fingerprint density at radius 3 is 2.75 bits per heavy atom. The number of fused-ring (bicyclic) bond motifs is 1. The second-order valence-electron chi connectivity index (χ2n) is 7.11. The third kappa shape index (κ3) is 3.99. The van der Waals surface area contributed by atoms with Crippen molar-refractivity contribution in [3.05, 3.63) is 60.2 Å². The number of amides is 1. The van der Waals surface area contributed by atoms with Crippen LogP contribution in [0.15, 0.2) is 54.6 Å². The van der Waals surface area contributed by atoms with E-state index in [-0.39, 0.29) is 5.91 Å². The van der Waals surface area contributed by atoms with Crippen molar-refractivity contribution in [3.63, 3.8) is 0 Å². The van der Waals surface area contributed by atoms with E-state index in [9.17, 15) is 4.79 Å². The van der Waals surface area contributed by atoms with Crippen LogP contribution in [0.25, 0.3) is 22.2 Å². The van der Waals surface area contributed by atoms with Crippen LogP contribution in [0.2, 0.25) is 0 Å². The Hall–Kier alpha value is -2.92. The van der Waals surface area contributed by atoms with Crippen LogP contribution in [0.1, 0.15) is 23.2 Å². The summed E-state index contributed by atoms with van der Waals surface area (Å²) in [7, 11) is 1.65. The van der Waals surface area contributed by atoms with Crippen LogP contribution in [0.5, 0.6) is 5.75 Å². The molecule has 3 aromatic rings. The lowest BCUT2D eigenvalue weighted by atomic mass is 10.0. The minimum absolute atomic E-state index is 0.0538. The van der Waals surface area contributed by atoms with Crippen LogP contribution in [-0.2, 0) is 0 Å². The van der Waals surface area contributed by atoms with E-state index in [0.29, 0.717) is 12.1 Å². The van der Waals surface area contributed by atoms with Gasteiger partial charge in [0.05, 0.1) is 23.9 Å². The molecule has 1 fully saturated rings. The quantitative estimate of drug-likeness (QED) is 0.713. The van der Waals surface area contributed by atoms with E-state index in [2.05, 4.69) is 10.2 Å². The molecule has 4 rings (SSSR count). The number of likely N-dealkylation sites (tertiary alicyclic amines) is 1. The number of methoxy groups -OCH3 is 1. The number of benzene rings is 2.